The Labute approximate surface area is 226 Å². The maximum absolute atomic E-state index is 13.1. The Balaban J connectivity index is 1.43. The van der Waals surface area contributed by atoms with Crippen molar-refractivity contribution in [2.45, 2.75) is 13.5 Å². The zero-order chi connectivity index (χ0) is 25.7. The average Bonchev–Trinajstić information content (AvgIpc) is 3.12. The summed E-state index contributed by atoms with van der Waals surface area (Å²) in [5.74, 6) is 1.05. The Kier molecular flexibility index (Phi) is 8.52. The lowest BCUT2D eigenvalue weighted by molar-refractivity contribution is -0.123. The second-order valence-electron chi connectivity index (χ2n) is 7.94. The number of carbonyl (C=O) groups is 2. The summed E-state index contributed by atoms with van der Waals surface area (Å²) in [4.78, 5) is 26.8. The highest BCUT2D eigenvalue weighted by Gasteiger charge is 2.35. The summed E-state index contributed by atoms with van der Waals surface area (Å²) in [5.41, 5.74) is 2.64. The molecule has 3 aromatic carbocycles. The van der Waals surface area contributed by atoms with Gasteiger partial charge in [0, 0.05) is 0 Å². The van der Waals surface area contributed by atoms with Gasteiger partial charge >= 0.3 is 0 Å². The maximum atomic E-state index is 13.1. The van der Waals surface area contributed by atoms with Crippen molar-refractivity contribution in [3.8, 4) is 17.2 Å². The first-order valence-corrected chi connectivity index (χ1v) is 12.9. The van der Waals surface area contributed by atoms with Crippen LogP contribution in [-0.4, -0.2) is 36.3 Å². The molecule has 4 rings (SSSR count). The second-order valence-corrected chi connectivity index (χ2v) is 10.1. The van der Waals surface area contributed by atoms with E-state index in [0.29, 0.717) is 27.7 Å². The molecule has 9 heteroatoms. The van der Waals surface area contributed by atoms with Gasteiger partial charge < -0.3 is 14.2 Å². The molecule has 0 saturated carbocycles. The van der Waals surface area contributed by atoms with E-state index in [1.54, 1.807) is 24.3 Å². The number of thioether (sulfide) groups is 1. The molecule has 1 heterocycles. The fraction of sp³-hybridized carbons (Fsp3) is 0.185. The van der Waals surface area contributed by atoms with Gasteiger partial charge in [-0.2, -0.15) is 0 Å². The maximum Gasteiger partial charge on any atom is 0.293 e. The van der Waals surface area contributed by atoms with E-state index in [9.17, 15) is 14.0 Å². The molecular weight excluding hydrogens is 596 g/mol. The molecule has 0 radical (unpaired) electrons. The van der Waals surface area contributed by atoms with Crippen LogP contribution in [0, 0.1) is 16.3 Å². The fourth-order valence-electron chi connectivity index (χ4n) is 3.43. The number of hydrogen-bond donors (Lipinski definition) is 0. The van der Waals surface area contributed by atoms with Gasteiger partial charge in [-0.15, -0.1) is 0 Å². The van der Waals surface area contributed by atoms with Gasteiger partial charge in [-0.1, -0.05) is 29.8 Å². The van der Waals surface area contributed by atoms with Crippen LogP contribution in [-0.2, 0) is 11.4 Å². The lowest BCUT2D eigenvalue weighted by Gasteiger charge is -2.14. The number of benzene rings is 3. The van der Waals surface area contributed by atoms with Gasteiger partial charge in [-0.3, -0.25) is 14.5 Å². The van der Waals surface area contributed by atoms with Gasteiger partial charge in [0.05, 0.1) is 22.1 Å². The third kappa shape index (κ3) is 6.38. The number of nitrogens with zero attached hydrogens (tertiary/aromatic N) is 1. The number of methoxy groups -OCH3 is 1. The normalized spacial score (nSPS) is 14.4. The third-order valence-electron chi connectivity index (χ3n) is 5.32. The van der Waals surface area contributed by atoms with Crippen LogP contribution < -0.4 is 14.2 Å². The van der Waals surface area contributed by atoms with E-state index >= 15 is 0 Å². The highest BCUT2D eigenvalue weighted by molar-refractivity contribution is 14.1. The molecule has 0 spiro atoms. The van der Waals surface area contributed by atoms with E-state index in [1.165, 1.54) is 24.1 Å². The van der Waals surface area contributed by atoms with Crippen LogP contribution in [0.15, 0.2) is 65.6 Å². The van der Waals surface area contributed by atoms with Crippen molar-refractivity contribution in [3.05, 3.63) is 91.6 Å². The molecule has 0 aromatic heterocycles. The molecule has 1 fully saturated rings. The Morgan fingerprint density at radius 1 is 1.03 bits per heavy atom. The molecule has 1 aliphatic heterocycles. The van der Waals surface area contributed by atoms with E-state index in [-0.39, 0.29) is 36.7 Å². The van der Waals surface area contributed by atoms with Gasteiger partial charge in [-0.05, 0) is 94.9 Å². The molecule has 1 aliphatic rings. The third-order valence-corrected chi connectivity index (χ3v) is 7.03. The monoisotopic (exact) mass is 619 g/mol. The van der Waals surface area contributed by atoms with Gasteiger partial charge in [0.1, 0.15) is 24.8 Å². The van der Waals surface area contributed by atoms with E-state index in [0.717, 1.165) is 26.5 Å². The van der Waals surface area contributed by atoms with Crippen LogP contribution in [0.3, 0.4) is 0 Å². The second kappa shape index (κ2) is 11.8. The summed E-state index contributed by atoms with van der Waals surface area (Å²) < 4.78 is 31.0. The molecule has 0 N–H and O–H groups in total. The Bertz CT molecular complexity index is 1290. The van der Waals surface area contributed by atoms with E-state index < -0.39 is 0 Å². The van der Waals surface area contributed by atoms with Crippen molar-refractivity contribution < 1.29 is 28.2 Å². The highest BCUT2D eigenvalue weighted by Crippen LogP contribution is 2.37. The molecule has 0 aliphatic carbocycles. The average molecular weight is 619 g/mol. The molecule has 1 saturated heterocycles. The van der Waals surface area contributed by atoms with Crippen molar-refractivity contribution in [2.24, 2.45) is 0 Å². The standard InChI is InChI=1S/C27H23FINO5S/c1-17-3-9-21(10-4-17)34-12-11-30-26(31)24(36-27(30)32)15-19-13-22(29)25(23(14-19)33-2)35-16-18-5-7-20(28)8-6-18/h3-10,13-15H,11-12,16H2,1-2H3/b24-15-. The first-order valence-electron chi connectivity index (χ1n) is 11.0. The van der Waals surface area contributed by atoms with Crippen LogP contribution in [0.1, 0.15) is 16.7 Å². The number of amides is 2. The molecule has 3 aromatic rings. The van der Waals surface area contributed by atoms with Crippen LogP contribution in [0.2, 0.25) is 0 Å². The number of aryl methyl sites for hydroxylation is 1. The Hall–Kier alpha value is -3.05. The number of ether oxygens (including phenoxy) is 3. The molecule has 0 unspecified atom stereocenters. The van der Waals surface area contributed by atoms with E-state index in [1.807, 2.05) is 37.3 Å². The molecule has 0 bridgehead atoms. The summed E-state index contributed by atoms with van der Waals surface area (Å²) in [6.45, 7) is 2.60. The van der Waals surface area contributed by atoms with Crippen molar-refractivity contribution in [1.82, 2.24) is 4.90 Å². The Morgan fingerprint density at radius 2 is 1.75 bits per heavy atom. The molecule has 0 atom stereocenters. The number of rotatable bonds is 9. The first-order chi connectivity index (χ1) is 17.3. The summed E-state index contributed by atoms with van der Waals surface area (Å²) in [5, 5.41) is -0.334. The van der Waals surface area contributed by atoms with Gasteiger partial charge in [-0.25, -0.2) is 4.39 Å². The molecule has 2 amide bonds. The molecule has 6 nitrogen and oxygen atoms in total. The minimum Gasteiger partial charge on any atom is -0.493 e. The summed E-state index contributed by atoms with van der Waals surface area (Å²) in [7, 11) is 1.53. The summed E-state index contributed by atoms with van der Waals surface area (Å²) >= 11 is 3.02. The Morgan fingerprint density at radius 3 is 2.44 bits per heavy atom. The minimum absolute atomic E-state index is 0.160. The van der Waals surface area contributed by atoms with Crippen molar-refractivity contribution in [2.75, 3.05) is 20.3 Å². The van der Waals surface area contributed by atoms with Crippen molar-refractivity contribution in [3.63, 3.8) is 0 Å². The van der Waals surface area contributed by atoms with E-state index in [4.69, 9.17) is 14.2 Å². The largest absolute Gasteiger partial charge is 0.493 e. The van der Waals surface area contributed by atoms with Crippen LogP contribution in [0.5, 0.6) is 17.2 Å². The fourth-order valence-corrected chi connectivity index (χ4v) is 5.08. The van der Waals surface area contributed by atoms with Crippen molar-refractivity contribution >= 4 is 51.6 Å². The predicted octanol–water partition coefficient (Wildman–Crippen LogP) is 6.44. The zero-order valence-electron chi connectivity index (χ0n) is 19.6. The van der Waals surface area contributed by atoms with Gasteiger partial charge in [0.25, 0.3) is 11.1 Å². The smallest absolute Gasteiger partial charge is 0.293 e. The summed E-state index contributed by atoms with van der Waals surface area (Å²) in [6, 6.07) is 17.2. The minimum atomic E-state index is -0.358. The summed E-state index contributed by atoms with van der Waals surface area (Å²) in [6.07, 6.45) is 1.67. The number of imide groups is 1. The van der Waals surface area contributed by atoms with Crippen LogP contribution >= 0.6 is 34.4 Å². The molecule has 36 heavy (non-hydrogen) atoms. The number of hydrogen-bond acceptors (Lipinski definition) is 6. The zero-order valence-corrected chi connectivity index (χ0v) is 22.6. The SMILES string of the molecule is COc1cc(/C=C2\SC(=O)N(CCOc3ccc(C)cc3)C2=O)cc(I)c1OCc1ccc(F)cc1. The van der Waals surface area contributed by atoms with Crippen LogP contribution in [0.4, 0.5) is 9.18 Å². The lowest BCUT2D eigenvalue weighted by Crippen LogP contribution is -2.32. The highest BCUT2D eigenvalue weighted by atomic mass is 127. The van der Waals surface area contributed by atoms with Gasteiger partial charge in [0.15, 0.2) is 11.5 Å². The number of halogens is 2. The first kappa shape index (κ1) is 26.0. The predicted molar refractivity (Wildman–Crippen MR) is 146 cm³/mol. The molecular formula is C27H23FINO5S. The molecule has 186 valence electrons. The number of carbonyl (C=O) groups excluding carboxylic acids is 2. The van der Waals surface area contributed by atoms with Gasteiger partial charge in [0.2, 0.25) is 0 Å². The topological polar surface area (TPSA) is 65.1 Å². The van der Waals surface area contributed by atoms with E-state index in [2.05, 4.69) is 22.6 Å². The van der Waals surface area contributed by atoms with Crippen molar-refractivity contribution in [1.29, 1.82) is 0 Å². The lowest BCUT2D eigenvalue weighted by atomic mass is 10.1. The quantitative estimate of drug-likeness (QED) is 0.203. The van der Waals surface area contributed by atoms with Crippen LogP contribution in [0.25, 0.3) is 6.08 Å².